The number of halogens is 1. The first-order valence-electron chi connectivity index (χ1n) is 11.6. The quantitative estimate of drug-likeness (QED) is 0.413. The van der Waals surface area contributed by atoms with E-state index in [1.807, 2.05) is 17.2 Å². The average molecular weight is 422 g/mol. The molecular formula is C26H32FN3O. The molecule has 2 aliphatic rings. The maximum absolute atomic E-state index is 13.4. The van der Waals surface area contributed by atoms with E-state index in [9.17, 15) is 4.39 Å². The highest BCUT2D eigenvalue weighted by molar-refractivity contribution is 6.13. The molecule has 0 radical (unpaired) electrons. The van der Waals surface area contributed by atoms with E-state index >= 15 is 0 Å². The van der Waals surface area contributed by atoms with Gasteiger partial charge in [-0.05, 0) is 68.0 Å². The first-order chi connectivity index (χ1) is 15.2. The number of hydrogen-bond acceptors (Lipinski definition) is 3. The Balaban J connectivity index is 1.70. The summed E-state index contributed by atoms with van der Waals surface area (Å²) < 4.78 is 13.4. The van der Waals surface area contributed by atoms with Crippen LogP contribution in [0.25, 0.3) is 0 Å². The molecule has 4 nitrogen and oxygen atoms in total. The minimum atomic E-state index is -0.252. The maximum atomic E-state index is 13.4. The summed E-state index contributed by atoms with van der Waals surface area (Å²) >= 11 is 0. The first-order valence-corrected chi connectivity index (χ1v) is 11.6. The highest BCUT2D eigenvalue weighted by atomic mass is 19.1. The lowest BCUT2D eigenvalue weighted by atomic mass is 9.95. The van der Waals surface area contributed by atoms with Crippen LogP contribution in [-0.2, 0) is 4.84 Å². The van der Waals surface area contributed by atoms with Crippen LogP contribution in [-0.4, -0.2) is 35.8 Å². The van der Waals surface area contributed by atoms with E-state index in [0.717, 1.165) is 61.6 Å². The van der Waals surface area contributed by atoms with Crippen molar-refractivity contribution in [1.29, 1.82) is 0 Å². The number of rotatable bonds is 5. The van der Waals surface area contributed by atoms with Gasteiger partial charge in [0.25, 0.3) is 0 Å². The van der Waals surface area contributed by atoms with Gasteiger partial charge in [0.1, 0.15) is 11.7 Å². The van der Waals surface area contributed by atoms with Crippen LogP contribution in [0.3, 0.4) is 0 Å². The van der Waals surface area contributed by atoms with Crippen molar-refractivity contribution in [1.82, 2.24) is 5.06 Å². The number of nitrogens with zero attached hydrogens (tertiary/aromatic N) is 3. The fourth-order valence-electron chi connectivity index (χ4n) is 4.33. The van der Waals surface area contributed by atoms with Gasteiger partial charge in [0, 0.05) is 6.54 Å². The summed E-state index contributed by atoms with van der Waals surface area (Å²) in [5, 5.41) is 2.00. The van der Waals surface area contributed by atoms with Crippen molar-refractivity contribution in [2.75, 3.05) is 13.2 Å². The Bertz CT molecular complexity index is 911. The fraction of sp³-hybridized carbons (Fsp3) is 0.462. The molecule has 2 aromatic rings. The number of hydrogen-bond donors (Lipinski definition) is 0. The van der Waals surface area contributed by atoms with E-state index in [-0.39, 0.29) is 5.82 Å². The van der Waals surface area contributed by atoms with Crippen LogP contribution in [0.5, 0.6) is 0 Å². The summed E-state index contributed by atoms with van der Waals surface area (Å²) in [4.78, 5) is 16.1. The van der Waals surface area contributed by atoms with Gasteiger partial charge in [-0.3, -0.25) is 14.8 Å². The van der Waals surface area contributed by atoms with Gasteiger partial charge in [-0.2, -0.15) is 0 Å². The van der Waals surface area contributed by atoms with Gasteiger partial charge in [0.2, 0.25) is 0 Å². The third kappa shape index (κ3) is 6.01. The van der Waals surface area contributed by atoms with Gasteiger partial charge >= 0.3 is 0 Å². The topological polar surface area (TPSA) is 37.2 Å². The molecule has 1 heterocycles. The Morgan fingerprint density at radius 3 is 2.48 bits per heavy atom. The Kier molecular flexibility index (Phi) is 7.47. The normalized spacial score (nSPS) is 19.0. The number of amidine groups is 1. The molecule has 0 amide bonds. The molecule has 1 saturated carbocycles. The van der Waals surface area contributed by atoms with Crippen LogP contribution in [0.4, 0.5) is 10.1 Å². The standard InChI is InChI=1S/C26H32FN3O/c1-20-9-5-6-12-24(20)25(28-23-15-13-21(27)14-16-23)19-26(30-17-7-8-18-31-30)29-22-10-3-2-4-11-22/h5-6,9,12-16,22H,2-4,7-8,10-11,17-19H2,1H3. The van der Waals surface area contributed by atoms with Crippen molar-refractivity contribution >= 4 is 17.2 Å². The van der Waals surface area contributed by atoms with Crippen LogP contribution in [0.2, 0.25) is 0 Å². The van der Waals surface area contributed by atoms with Crippen molar-refractivity contribution < 1.29 is 9.23 Å². The Morgan fingerprint density at radius 1 is 1.00 bits per heavy atom. The highest BCUT2D eigenvalue weighted by Crippen LogP contribution is 2.24. The second-order valence-electron chi connectivity index (χ2n) is 8.51. The highest BCUT2D eigenvalue weighted by Gasteiger charge is 2.22. The van der Waals surface area contributed by atoms with E-state index < -0.39 is 0 Å². The Labute approximate surface area is 184 Å². The summed E-state index contributed by atoms with van der Waals surface area (Å²) in [6.07, 6.45) is 8.88. The molecule has 1 aliphatic heterocycles. The molecule has 0 unspecified atom stereocenters. The molecule has 164 valence electrons. The maximum Gasteiger partial charge on any atom is 0.130 e. The zero-order chi connectivity index (χ0) is 21.5. The minimum Gasteiger partial charge on any atom is -0.272 e. The number of hydroxylamine groups is 2. The molecular weight excluding hydrogens is 389 g/mol. The predicted molar refractivity (Wildman–Crippen MR) is 125 cm³/mol. The molecule has 1 saturated heterocycles. The summed E-state index contributed by atoms with van der Waals surface area (Å²) in [5.74, 6) is 0.716. The second kappa shape index (κ2) is 10.7. The molecule has 4 rings (SSSR count). The molecule has 0 atom stereocenters. The lowest BCUT2D eigenvalue weighted by molar-refractivity contribution is -0.124. The molecule has 31 heavy (non-hydrogen) atoms. The van der Waals surface area contributed by atoms with Crippen molar-refractivity contribution in [2.45, 2.75) is 64.3 Å². The summed E-state index contributed by atoms with van der Waals surface area (Å²) in [5.41, 5.74) is 3.95. The summed E-state index contributed by atoms with van der Waals surface area (Å²) in [7, 11) is 0. The fourth-order valence-corrected chi connectivity index (χ4v) is 4.33. The van der Waals surface area contributed by atoms with Crippen molar-refractivity contribution in [3.63, 3.8) is 0 Å². The largest absolute Gasteiger partial charge is 0.272 e. The summed E-state index contributed by atoms with van der Waals surface area (Å²) in [6, 6.07) is 15.0. The molecule has 5 heteroatoms. The molecule has 0 aromatic heterocycles. The molecule has 2 fully saturated rings. The zero-order valence-corrected chi connectivity index (χ0v) is 18.4. The number of benzene rings is 2. The monoisotopic (exact) mass is 421 g/mol. The number of aliphatic imine (C=N–C) groups is 2. The molecule has 0 spiro atoms. The van der Waals surface area contributed by atoms with Gasteiger partial charge in [-0.25, -0.2) is 9.45 Å². The predicted octanol–water partition coefficient (Wildman–Crippen LogP) is 6.40. The lowest BCUT2D eigenvalue weighted by Crippen LogP contribution is -2.38. The van der Waals surface area contributed by atoms with E-state index in [1.54, 1.807) is 12.1 Å². The van der Waals surface area contributed by atoms with Crippen LogP contribution >= 0.6 is 0 Å². The van der Waals surface area contributed by atoms with Gasteiger partial charge < -0.3 is 0 Å². The smallest absolute Gasteiger partial charge is 0.130 e. The van der Waals surface area contributed by atoms with E-state index in [4.69, 9.17) is 14.8 Å². The minimum absolute atomic E-state index is 0.252. The third-order valence-corrected chi connectivity index (χ3v) is 6.07. The van der Waals surface area contributed by atoms with Gasteiger partial charge in [-0.1, -0.05) is 43.5 Å². The van der Waals surface area contributed by atoms with E-state index in [1.165, 1.54) is 37.0 Å². The summed E-state index contributed by atoms with van der Waals surface area (Å²) in [6.45, 7) is 3.70. The van der Waals surface area contributed by atoms with E-state index in [2.05, 4.69) is 19.1 Å². The first kappa shape index (κ1) is 21.7. The van der Waals surface area contributed by atoms with Crippen LogP contribution in [0.1, 0.15) is 62.5 Å². The zero-order valence-electron chi connectivity index (χ0n) is 18.4. The van der Waals surface area contributed by atoms with Crippen molar-refractivity contribution in [2.24, 2.45) is 9.98 Å². The third-order valence-electron chi connectivity index (χ3n) is 6.07. The second-order valence-corrected chi connectivity index (χ2v) is 8.51. The van der Waals surface area contributed by atoms with Crippen molar-refractivity contribution in [3.8, 4) is 0 Å². The average Bonchev–Trinajstić information content (AvgIpc) is 2.81. The number of aryl methyl sites for hydroxylation is 1. The lowest BCUT2D eigenvalue weighted by Gasteiger charge is -2.31. The molecule has 0 bridgehead atoms. The van der Waals surface area contributed by atoms with Crippen molar-refractivity contribution in [3.05, 3.63) is 65.5 Å². The van der Waals surface area contributed by atoms with Gasteiger partial charge in [0.15, 0.2) is 0 Å². The van der Waals surface area contributed by atoms with Crippen LogP contribution in [0.15, 0.2) is 58.5 Å². The van der Waals surface area contributed by atoms with Gasteiger partial charge in [0.05, 0.1) is 30.5 Å². The molecule has 1 aliphatic carbocycles. The Morgan fingerprint density at radius 2 is 1.77 bits per heavy atom. The SMILES string of the molecule is Cc1ccccc1C(CC(=NC1CCCCC1)N1CCCCO1)=Nc1ccc(F)cc1. The van der Waals surface area contributed by atoms with E-state index in [0.29, 0.717) is 12.5 Å². The molecule has 2 aromatic carbocycles. The van der Waals surface area contributed by atoms with Gasteiger partial charge in [-0.15, -0.1) is 0 Å². The molecule has 0 N–H and O–H groups in total. The van der Waals surface area contributed by atoms with Crippen LogP contribution in [0, 0.1) is 12.7 Å². The Hall–Kier alpha value is -2.53. The van der Waals surface area contributed by atoms with Crippen LogP contribution < -0.4 is 0 Å².